The molecule has 1 saturated heterocycles. The molecule has 0 aliphatic carbocycles. The summed E-state index contributed by atoms with van der Waals surface area (Å²) in [5, 5.41) is 12.3. The number of carbonyl (C=O) groups excluding carboxylic acids is 1. The van der Waals surface area contributed by atoms with E-state index in [9.17, 15) is 14.4 Å². The van der Waals surface area contributed by atoms with Gasteiger partial charge in [0.25, 0.3) is 5.89 Å². The predicted octanol–water partition coefficient (Wildman–Crippen LogP) is 4.45. The Hall–Kier alpha value is -3.31. The van der Waals surface area contributed by atoms with Crippen LogP contribution in [0.25, 0.3) is 11.7 Å². The van der Waals surface area contributed by atoms with Crippen molar-refractivity contribution in [2.24, 2.45) is 5.92 Å². The van der Waals surface area contributed by atoms with Crippen LogP contribution in [-0.2, 0) is 4.79 Å². The highest BCUT2D eigenvalue weighted by Gasteiger charge is 2.29. The second-order valence-corrected chi connectivity index (χ2v) is 7.07. The summed E-state index contributed by atoms with van der Waals surface area (Å²) in [6.45, 7) is 0.995. The highest BCUT2D eigenvalue weighted by molar-refractivity contribution is 6.30. The summed E-state index contributed by atoms with van der Waals surface area (Å²) in [5.74, 6) is -0.0594. The van der Waals surface area contributed by atoms with Gasteiger partial charge in [-0.15, -0.1) is 0 Å². The number of furan rings is 1. The van der Waals surface area contributed by atoms with Crippen molar-refractivity contribution in [2.75, 3.05) is 23.3 Å². The van der Waals surface area contributed by atoms with Crippen molar-refractivity contribution in [3.05, 3.63) is 53.1 Å². The zero-order chi connectivity index (χ0) is 20.4. The SMILES string of the molecule is N#Cc1nc(-c2ccco2)oc1N1CCC(C(=O)Nc2cc(Cl)ccc2F)CC1. The third kappa shape index (κ3) is 3.96. The fraction of sp³-hybridized carbons (Fsp3) is 0.250. The van der Waals surface area contributed by atoms with Gasteiger partial charge in [-0.2, -0.15) is 10.2 Å². The van der Waals surface area contributed by atoms with E-state index in [0.717, 1.165) is 0 Å². The largest absolute Gasteiger partial charge is 0.459 e. The van der Waals surface area contributed by atoms with Crippen LogP contribution in [0.5, 0.6) is 0 Å². The fourth-order valence-corrected chi connectivity index (χ4v) is 3.45. The van der Waals surface area contributed by atoms with Gasteiger partial charge in [0.1, 0.15) is 11.9 Å². The Balaban J connectivity index is 1.42. The number of oxazole rings is 1. The van der Waals surface area contributed by atoms with Crippen molar-refractivity contribution in [3.63, 3.8) is 0 Å². The predicted molar refractivity (Wildman–Crippen MR) is 104 cm³/mol. The number of hydrogen-bond donors (Lipinski definition) is 1. The quantitative estimate of drug-likeness (QED) is 0.677. The maximum atomic E-state index is 13.8. The van der Waals surface area contributed by atoms with Gasteiger partial charge in [0.2, 0.25) is 17.5 Å². The zero-order valence-corrected chi connectivity index (χ0v) is 15.9. The maximum absolute atomic E-state index is 13.8. The summed E-state index contributed by atoms with van der Waals surface area (Å²) >= 11 is 5.87. The van der Waals surface area contributed by atoms with E-state index in [1.165, 1.54) is 24.5 Å². The topological polar surface area (TPSA) is 95.3 Å². The highest BCUT2D eigenvalue weighted by atomic mass is 35.5. The van der Waals surface area contributed by atoms with Crippen LogP contribution < -0.4 is 10.2 Å². The first kappa shape index (κ1) is 19.0. The molecule has 0 saturated carbocycles. The van der Waals surface area contributed by atoms with E-state index in [2.05, 4.69) is 10.3 Å². The number of aromatic nitrogens is 1. The first-order chi connectivity index (χ1) is 14.0. The van der Waals surface area contributed by atoms with Gasteiger partial charge < -0.3 is 19.1 Å². The Labute approximate surface area is 170 Å². The third-order valence-corrected chi connectivity index (χ3v) is 5.02. The summed E-state index contributed by atoms with van der Waals surface area (Å²) in [7, 11) is 0. The Morgan fingerprint density at radius 2 is 2.14 bits per heavy atom. The van der Waals surface area contributed by atoms with E-state index < -0.39 is 5.82 Å². The number of piperidine rings is 1. The molecule has 3 heterocycles. The van der Waals surface area contributed by atoms with Gasteiger partial charge in [0, 0.05) is 24.0 Å². The van der Waals surface area contributed by atoms with Crippen molar-refractivity contribution < 1.29 is 18.0 Å². The minimum Gasteiger partial charge on any atom is -0.459 e. The van der Waals surface area contributed by atoms with Crippen LogP contribution in [0.4, 0.5) is 16.0 Å². The van der Waals surface area contributed by atoms with Crippen LogP contribution >= 0.6 is 11.6 Å². The molecular formula is C20H16ClFN4O3. The number of nitrogens with one attached hydrogen (secondary N) is 1. The fourth-order valence-electron chi connectivity index (χ4n) is 3.28. The summed E-state index contributed by atoms with van der Waals surface area (Å²) in [5.41, 5.74) is 0.232. The average molecular weight is 415 g/mol. The van der Waals surface area contributed by atoms with Crippen LogP contribution in [0, 0.1) is 23.1 Å². The number of hydrogen-bond acceptors (Lipinski definition) is 6. The Kier molecular flexibility index (Phi) is 5.23. The molecule has 1 amide bonds. The number of halogens is 2. The standard InChI is InChI=1S/C20H16ClFN4O3/c21-13-3-4-14(22)15(10-13)24-18(27)12-5-7-26(8-6-12)20-16(11-23)25-19(29-20)17-2-1-9-28-17/h1-4,9-10,12H,5-8H2,(H,24,27). The second-order valence-electron chi connectivity index (χ2n) is 6.64. The van der Waals surface area contributed by atoms with Crippen LogP contribution in [0.3, 0.4) is 0 Å². The molecule has 9 heteroatoms. The first-order valence-corrected chi connectivity index (χ1v) is 9.38. The second kappa shape index (κ2) is 7.97. The number of amides is 1. The van der Waals surface area contributed by atoms with Crippen molar-refractivity contribution in [2.45, 2.75) is 12.8 Å². The van der Waals surface area contributed by atoms with Crippen molar-refractivity contribution >= 4 is 29.1 Å². The lowest BCUT2D eigenvalue weighted by atomic mass is 9.96. The number of rotatable bonds is 4. The van der Waals surface area contributed by atoms with Gasteiger partial charge in [0.15, 0.2) is 5.76 Å². The lowest BCUT2D eigenvalue weighted by molar-refractivity contribution is -0.120. The molecule has 1 N–H and O–H groups in total. The van der Waals surface area contributed by atoms with Crippen LogP contribution in [0.15, 0.2) is 45.4 Å². The molecule has 29 heavy (non-hydrogen) atoms. The summed E-state index contributed by atoms with van der Waals surface area (Å²) in [4.78, 5) is 18.6. The number of carbonyl (C=O) groups is 1. The van der Waals surface area contributed by atoms with E-state index in [1.807, 2.05) is 11.0 Å². The summed E-state index contributed by atoms with van der Waals surface area (Å²) in [6.07, 6.45) is 2.55. The number of nitriles is 1. The van der Waals surface area contributed by atoms with Crippen LogP contribution in [0.2, 0.25) is 5.02 Å². The summed E-state index contributed by atoms with van der Waals surface area (Å²) in [6, 6.07) is 9.45. The molecule has 0 spiro atoms. The first-order valence-electron chi connectivity index (χ1n) is 9.01. The van der Waals surface area contributed by atoms with Gasteiger partial charge in [-0.05, 0) is 43.2 Å². The highest BCUT2D eigenvalue weighted by Crippen LogP contribution is 2.31. The monoisotopic (exact) mass is 414 g/mol. The zero-order valence-electron chi connectivity index (χ0n) is 15.2. The van der Waals surface area contributed by atoms with E-state index in [-0.39, 0.29) is 29.1 Å². The van der Waals surface area contributed by atoms with Crippen LogP contribution in [0.1, 0.15) is 18.5 Å². The molecule has 0 bridgehead atoms. The average Bonchev–Trinajstić information content (AvgIpc) is 3.40. The molecule has 1 aromatic carbocycles. The third-order valence-electron chi connectivity index (χ3n) is 4.79. The number of anilines is 2. The Morgan fingerprint density at radius 1 is 1.34 bits per heavy atom. The molecule has 0 unspecified atom stereocenters. The van der Waals surface area contributed by atoms with Gasteiger partial charge >= 0.3 is 0 Å². The molecule has 3 aromatic rings. The molecule has 0 radical (unpaired) electrons. The smallest absolute Gasteiger partial charge is 0.266 e. The molecule has 2 aromatic heterocycles. The molecular weight excluding hydrogens is 399 g/mol. The van der Waals surface area contributed by atoms with Gasteiger partial charge in [-0.3, -0.25) is 4.79 Å². The molecule has 0 atom stereocenters. The van der Waals surface area contributed by atoms with E-state index in [4.69, 9.17) is 20.4 Å². The van der Waals surface area contributed by atoms with E-state index >= 15 is 0 Å². The Bertz CT molecular complexity index is 1070. The molecule has 4 rings (SSSR count). The lowest BCUT2D eigenvalue weighted by Crippen LogP contribution is -2.38. The van der Waals surface area contributed by atoms with Crippen LogP contribution in [-0.4, -0.2) is 24.0 Å². The lowest BCUT2D eigenvalue weighted by Gasteiger charge is -2.31. The molecule has 1 aliphatic heterocycles. The van der Waals surface area contributed by atoms with E-state index in [1.54, 1.807) is 12.1 Å². The van der Waals surface area contributed by atoms with Gasteiger partial charge in [-0.1, -0.05) is 11.6 Å². The van der Waals surface area contributed by atoms with Gasteiger partial charge in [0.05, 0.1) is 12.0 Å². The number of nitrogens with zero attached hydrogens (tertiary/aromatic N) is 3. The van der Waals surface area contributed by atoms with Crippen molar-refractivity contribution in [1.29, 1.82) is 5.26 Å². The van der Waals surface area contributed by atoms with Crippen molar-refractivity contribution in [3.8, 4) is 17.7 Å². The molecule has 1 fully saturated rings. The van der Waals surface area contributed by atoms with E-state index in [0.29, 0.717) is 42.6 Å². The van der Waals surface area contributed by atoms with Gasteiger partial charge in [-0.25, -0.2) is 4.39 Å². The molecule has 1 aliphatic rings. The maximum Gasteiger partial charge on any atom is 0.266 e. The molecule has 7 nitrogen and oxygen atoms in total. The Morgan fingerprint density at radius 3 is 2.83 bits per heavy atom. The van der Waals surface area contributed by atoms with Crippen molar-refractivity contribution in [1.82, 2.24) is 4.98 Å². The minimum atomic E-state index is -0.536. The minimum absolute atomic E-state index is 0.0648. The molecule has 148 valence electrons. The normalized spacial score (nSPS) is 14.6. The number of benzene rings is 1. The summed E-state index contributed by atoms with van der Waals surface area (Å²) < 4.78 is 24.9.